The third-order valence-electron chi connectivity index (χ3n) is 6.74. The molecule has 1 aromatic carbocycles. The zero-order valence-electron chi connectivity index (χ0n) is 19.8. The number of aromatic nitrogens is 1. The van der Waals surface area contributed by atoms with Crippen molar-refractivity contribution in [3.8, 4) is 0 Å². The highest BCUT2D eigenvalue weighted by Gasteiger charge is 2.38. The summed E-state index contributed by atoms with van der Waals surface area (Å²) in [4.78, 5) is 18.1. The number of hydrogen-bond donors (Lipinski definition) is 2. The number of carbonyl (C=O) groups excluding carboxylic acids is 1. The summed E-state index contributed by atoms with van der Waals surface area (Å²) in [6, 6.07) is 6.15. The Labute approximate surface area is 202 Å². The number of anilines is 1. The van der Waals surface area contributed by atoms with Crippen molar-refractivity contribution in [2.24, 2.45) is 11.8 Å². The van der Waals surface area contributed by atoms with Gasteiger partial charge in [0.05, 0.1) is 23.0 Å². The van der Waals surface area contributed by atoms with Crippen molar-refractivity contribution in [2.75, 3.05) is 32.0 Å². The Morgan fingerprint density at radius 3 is 2.71 bits per heavy atom. The van der Waals surface area contributed by atoms with Gasteiger partial charge in [0.2, 0.25) is 5.91 Å². The van der Waals surface area contributed by atoms with Crippen LogP contribution in [-0.2, 0) is 4.79 Å². The molecular formula is C26H30F4N4O. The quantitative estimate of drug-likeness (QED) is 0.534. The van der Waals surface area contributed by atoms with E-state index >= 15 is 0 Å². The van der Waals surface area contributed by atoms with Crippen LogP contribution in [0, 0.1) is 11.8 Å². The molecule has 1 saturated carbocycles. The van der Waals surface area contributed by atoms with Crippen molar-refractivity contribution in [2.45, 2.75) is 38.2 Å². The first-order chi connectivity index (χ1) is 16.5. The van der Waals surface area contributed by atoms with E-state index in [1.165, 1.54) is 0 Å². The van der Waals surface area contributed by atoms with Gasteiger partial charge in [-0.3, -0.25) is 4.79 Å². The first kappa shape index (κ1) is 25.2. The van der Waals surface area contributed by atoms with Gasteiger partial charge in [0.25, 0.3) is 0 Å². The fourth-order valence-corrected chi connectivity index (χ4v) is 4.45. The molecular weight excluding hydrogens is 460 g/mol. The fraction of sp³-hybridized carbons (Fsp3) is 0.462. The van der Waals surface area contributed by atoms with E-state index in [0.29, 0.717) is 35.7 Å². The number of pyridine rings is 1. The minimum Gasteiger partial charge on any atom is -0.379 e. The van der Waals surface area contributed by atoms with E-state index in [1.54, 1.807) is 36.4 Å². The average molecular weight is 491 g/mol. The lowest BCUT2D eigenvalue weighted by molar-refractivity contribution is -0.122. The van der Waals surface area contributed by atoms with Gasteiger partial charge in [0, 0.05) is 42.0 Å². The fourth-order valence-electron chi connectivity index (χ4n) is 4.45. The molecule has 1 aliphatic heterocycles. The van der Waals surface area contributed by atoms with E-state index in [2.05, 4.69) is 22.2 Å². The van der Waals surface area contributed by atoms with Gasteiger partial charge in [0.1, 0.15) is 6.17 Å². The number of likely N-dealkylation sites (tertiary alicyclic amines) is 1. The second-order valence-corrected chi connectivity index (χ2v) is 9.56. The van der Waals surface area contributed by atoms with Crippen LogP contribution < -0.4 is 10.6 Å². The van der Waals surface area contributed by atoms with Crippen molar-refractivity contribution >= 4 is 34.0 Å². The first-order valence-electron chi connectivity index (χ1n) is 11.8. The van der Waals surface area contributed by atoms with Crippen LogP contribution in [0.5, 0.6) is 0 Å². The third-order valence-corrected chi connectivity index (χ3v) is 6.74. The molecule has 2 aromatic rings. The maximum Gasteiger partial charge on any atom is 0.417 e. The van der Waals surface area contributed by atoms with Crippen LogP contribution in [0.3, 0.4) is 0 Å². The summed E-state index contributed by atoms with van der Waals surface area (Å²) in [6.07, 6.45) is -1.08. The van der Waals surface area contributed by atoms with E-state index in [4.69, 9.17) is 0 Å². The topological polar surface area (TPSA) is 57.3 Å². The monoisotopic (exact) mass is 490 g/mol. The first-order valence-corrected chi connectivity index (χ1v) is 11.8. The Morgan fingerprint density at radius 1 is 1.31 bits per heavy atom. The summed E-state index contributed by atoms with van der Waals surface area (Å²) < 4.78 is 55.4. The van der Waals surface area contributed by atoms with Gasteiger partial charge in [-0.25, -0.2) is 9.37 Å². The van der Waals surface area contributed by atoms with Crippen LogP contribution in [0.15, 0.2) is 36.9 Å². The highest BCUT2D eigenvalue weighted by atomic mass is 19.4. The number of amides is 1. The number of hydrogen-bond acceptors (Lipinski definition) is 4. The van der Waals surface area contributed by atoms with E-state index in [0.717, 1.165) is 13.0 Å². The number of fused-ring (bicyclic) bond motifs is 1. The second-order valence-electron chi connectivity index (χ2n) is 9.56. The molecule has 0 unspecified atom stereocenters. The van der Waals surface area contributed by atoms with E-state index in [-0.39, 0.29) is 29.4 Å². The number of benzene rings is 1. The van der Waals surface area contributed by atoms with Crippen molar-refractivity contribution in [1.29, 1.82) is 0 Å². The Morgan fingerprint density at radius 2 is 2.06 bits per heavy atom. The van der Waals surface area contributed by atoms with Crippen LogP contribution in [0.2, 0.25) is 0 Å². The summed E-state index contributed by atoms with van der Waals surface area (Å²) in [5.74, 6) is 0.401. The maximum absolute atomic E-state index is 14.7. The third kappa shape index (κ3) is 5.83. The normalized spacial score (nSPS) is 25.1. The van der Waals surface area contributed by atoms with Crippen LogP contribution >= 0.6 is 0 Å². The lowest BCUT2D eigenvalue weighted by Gasteiger charge is -2.33. The smallest absolute Gasteiger partial charge is 0.379 e. The minimum atomic E-state index is -4.65. The predicted octanol–water partition coefficient (Wildman–Crippen LogP) is 5.05. The highest BCUT2D eigenvalue weighted by Crippen LogP contribution is 2.38. The summed E-state index contributed by atoms with van der Waals surface area (Å²) in [5, 5.41) is 6.81. The minimum absolute atomic E-state index is 0.0230. The summed E-state index contributed by atoms with van der Waals surface area (Å²) >= 11 is 0. The molecule has 1 aliphatic carbocycles. The number of nitrogens with zero attached hydrogens (tertiary/aromatic N) is 2. The Kier molecular flexibility index (Phi) is 7.17. The Balaban J connectivity index is 1.64. The number of allylic oxidation sites excluding steroid dienone is 1. The molecule has 0 radical (unpaired) electrons. The zero-order chi connectivity index (χ0) is 25.3. The van der Waals surface area contributed by atoms with Gasteiger partial charge >= 0.3 is 6.18 Å². The number of piperidine rings is 1. The van der Waals surface area contributed by atoms with Crippen LogP contribution in [-0.4, -0.2) is 60.9 Å². The number of rotatable bonds is 7. The number of carbonyl (C=O) groups is 1. The molecule has 2 heterocycles. The lowest BCUT2D eigenvalue weighted by atomic mass is 9.99. The molecule has 4 rings (SSSR count). The number of halogens is 4. The van der Waals surface area contributed by atoms with E-state index in [9.17, 15) is 22.4 Å². The zero-order valence-corrected chi connectivity index (χ0v) is 19.8. The molecule has 0 spiro atoms. The van der Waals surface area contributed by atoms with Crippen LogP contribution in [0.25, 0.3) is 22.4 Å². The van der Waals surface area contributed by atoms with E-state index < -0.39 is 24.0 Å². The molecule has 1 saturated heterocycles. The van der Waals surface area contributed by atoms with Crippen molar-refractivity contribution in [3.05, 3.63) is 48.3 Å². The van der Waals surface area contributed by atoms with Gasteiger partial charge in [-0.1, -0.05) is 31.7 Å². The molecule has 2 N–H and O–H groups in total. The van der Waals surface area contributed by atoms with Gasteiger partial charge in [-0.05, 0) is 44.0 Å². The predicted molar refractivity (Wildman–Crippen MR) is 131 cm³/mol. The van der Waals surface area contributed by atoms with Gasteiger partial charge in [0.15, 0.2) is 0 Å². The molecule has 5 nitrogen and oxygen atoms in total. The average Bonchev–Trinajstić information content (AvgIpc) is 3.53. The molecule has 1 aromatic heterocycles. The number of alkyl halides is 4. The lowest BCUT2D eigenvalue weighted by Crippen LogP contribution is -2.46. The molecule has 2 fully saturated rings. The summed E-state index contributed by atoms with van der Waals surface area (Å²) in [6.45, 7) is 6.52. The van der Waals surface area contributed by atoms with Crippen LogP contribution in [0.1, 0.15) is 31.2 Å². The SMILES string of the molecule is C=C(c1nc(/C=C/CNC(=O)[C@H]2C[C@@H]2C)cc2c(N[C@@H]3CCN(C)C[C@@H]3F)cccc12)C(F)(F)F. The second kappa shape index (κ2) is 9.97. The van der Waals surface area contributed by atoms with Crippen molar-refractivity contribution in [3.63, 3.8) is 0 Å². The van der Waals surface area contributed by atoms with Crippen LogP contribution in [0.4, 0.5) is 23.2 Å². The largest absolute Gasteiger partial charge is 0.417 e. The molecule has 35 heavy (non-hydrogen) atoms. The molecule has 4 atom stereocenters. The Bertz CT molecular complexity index is 1150. The highest BCUT2D eigenvalue weighted by molar-refractivity contribution is 6.00. The summed E-state index contributed by atoms with van der Waals surface area (Å²) in [5.41, 5.74) is -0.478. The van der Waals surface area contributed by atoms with Gasteiger partial charge in [-0.15, -0.1) is 0 Å². The van der Waals surface area contributed by atoms with Gasteiger partial charge < -0.3 is 15.5 Å². The van der Waals surface area contributed by atoms with Crippen molar-refractivity contribution in [1.82, 2.24) is 15.2 Å². The summed E-state index contributed by atoms with van der Waals surface area (Å²) in [7, 11) is 1.85. The van der Waals surface area contributed by atoms with Crippen molar-refractivity contribution < 1.29 is 22.4 Å². The Hall–Kier alpha value is -2.94. The molecule has 9 heteroatoms. The molecule has 188 valence electrons. The molecule has 0 bridgehead atoms. The molecule has 1 amide bonds. The standard InChI is InChI=1S/C26H30F4N4O/c1-15-12-19(15)25(35)31-10-5-6-17-13-20-18(24(32-17)16(2)26(28,29)30)7-4-8-22(20)33-23-9-11-34(3)14-21(23)27/h4-8,13,15,19,21,23,33H,2,9-12,14H2,1,3H3,(H,31,35)/b6-5+/t15-,19-,21-,23+/m0/s1. The van der Waals surface area contributed by atoms with Gasteiger partial charge in [-0.2, -0.15) is 13.2 Å². The number of nitrogens with one attached hydrogen (secondary N) is 2. The molecule has 2 aliphatic rings. The maximum atomic E-state index is 14.7. The van der Waals surface area contributed by atoms with E-state index in [1.807, 2.05) is 18.9 Å².